The van der Waals surface area contributed by atoms with E-state index in [1.807, 2.05) is 12.2 Å². The third-order valence-corrected chi connectivity index (χ3v) is 1.82. The fraction of sp³-hybridized carbons (Fsp3) is 0.385. The molecule has 72 valence electrons. The highest BCUT2D eigenvalue weighted by Gasteiger charge is 1.82. The number of unbranched alkanes of at least 4 members (excludes halogenated alkanes) is 2. The molecule has 0 saturated heterocycles. The summed E-state index contributed by atoms with van der Waals surface area (Å²) in [7, 11) is 0. The first-order valence-corrected chi connectivity index (χ1v) is 4.93. The van der Waals surface area contributed by atoms with E-state index < -0.39 is 0 Å². The van der Waals surface area contributed by atoms with Crippen molar-refractivity contribution in [3.63, 3.8) is 0 Å². The summed E-state index contributed by atoms with van der Waals surface area (Å²) in [5.74, 6) is 0. The molecule has 0 aromatic carbocycles. The summed E-state index contributed by atoms with van der Waals surface area (Å²) in [4.78, 5) is 0. The zero-order valence-electron chi connectivity index (χ0n) is 8.63. The average Bonchev–Trinajstić information content (AvgIpc) is 2.16. The molecule has 0 rings (SSSR count). The maximum Gasteiger partial charge on any atom is -0.0313 e. The second-order valence-corrected chi connectivity index (χ2v) is 3.01. The largest absolute Gasteiger partial charge is 0.0991 e. The lowest BCUT2D eigenvalue weighted by molar-refractivity contribution is 0.867. The van der Waals surface area contributed by atoms with Crippen molar-refractivity contribution in [2.75, 3.05) is 0 Å². The van der Waals surface area contributed by atoms with Gasteiger partial charge in [-0.3, -0.25) is 0 Å². The van der Waals surface area contributed by atoms with Crippen molar-refractivity contribution in [3.05, 3.63) is 49.1 Å². The second-order valence-electron chi connectivity index (χ2n) is 3.01. The molecule has 0 atom stereocenters. The minimum atomic E-state index is 1.05. The molecule has 0 aromatic heterocycles. The predicted octanol–water partition coefficient (Wildman–Crippen LogP) is 4.42. The Morgan fingerprint density at radius 1 is 1.23 bits per heavy atom. The highest BCUT2D eigenvalue weighted by Crippen LogP contribution is 2.02. The molecule has 0 unspecified atom stereocenters. The van der Waals surface area contributed by atoms with Gasteiger partial charge in [0, 0.05) is 0 Å². The van der Waals surface area contributed by atoms with Gasteiger partial charge in [0.25, 0.3) is 0 Å². The Morgan fingerprint density at radius 3 is 2.54 bits per heavy atom. The molecule has 0 nitrogen and oxygen atoms in total. The van der Waals surface area contributed by atoms with E-state index in [2.05, 4.69) is 38.3 Å². The first-order chi connectivity index (χ1) is 6.31. The van der Waals surface area contributed by atoms with Crippen molar-refractivity contribution in [1.29, 1.82) is 0 Å². The summed E-state index contributed by atoms with van der Waals surface area (Å²) < 4.78 is 0. The van der Waals surface area contributed by atoms with E-state index in [-0.39, 0.29) is 0 Å². The Balaban J connectivity index is 3.34. The van der Waals surface area contributed by atoms with Crippen molar-refractivity contribution in [1.82, 2.24) is 0 Å². The van der Waals surface area contributed by atoms with E-state index in [0.29, 0.717) is 0 Å². The summed E-state index contributed by atoms with van der Waals surface area (Å²) in [5.41, 5.74) is 1.21. The summed E-state index contributed by atoms with van der Waals surface area (Å²) >= 11 is 0. The van der Waals surface area contributed by atoms with Crippen LogP contribution in [0.5, 0.6) is 0 Å². The van der Waals surface area contributed by atoms with Crippen molar-refractivity contribution >= 4 is 0 Å². The van der Waals surface area contributed by atoms with Crippen LogP contribution in [0.15, 0.2) is 49.1 Å². The molecule has 0 N–H and O–H groups in total. The summed E-state index contributed by atoms with van der Waals surface area (Å²) in [6.07, 6.45) is 14.8. The Morgan fingerprint density at radius 2 is 1.92 bits per heavy atom. The molecular formula is C13H20. The van der Waals surface area contributed by atoms with Crippen LogP contribution in [-0.4, -0.2) is 0 Å². The summed E-state index contributed by atoms with van der Waals surface area (Å²) in [6, 6.07) is 0. The van der Waals surface area contributed by atoms with Crippen molar-refractivity contribution in [2.45, 2.75) is 32.6 Å². The van der Waals surface area contributed by atoms with Crippen molar-refractivity contribution in [2.24, 2.45) is 0 Å². The highest BCUT2D eigenvalue weighted by molar-refractivity contribution is 5.13. The molecule has 0 radical (unpaired) electrons. The number of allylic oxidation sites excluding steroid dienone is 6. The standard InChI is InChI=1S/C13H20/c1-4-6-7-8-9-10-11-12-13(3)5-2/h4,6-7,11-12H,1,3,5,8-10H2,2H3. The summed E-state index contributed by atoms with van der Waals surface area (Å²) in [5, 5.41) is 0. The van der Waals surface area contributed by atoms with E-state index in [1.54, 1.807) is 0 Å². The SMILES string of the molecule is C=CC=CCCCC=CC(=C)CC. The van der Waals surface area contributed by atoms with Crippen LogP contribution in [0.3, 0.4) is 0 Å². The van der Waals surface area contributed by atoms with Crippen LogP contribution in [0.25, 0.3) is 0 Å². The van der Waals surface area contributed by atoms with E-state index in [1.165, 1.54) is 12.0 Å². The van der Waals surface area contributed by atoms with Crippen molar-refractivity contribution in [3.8, 4) is 0 Å². The number of hydrogen-bond acceptors (Lipinski definition) is 0. The molecule has 0 aromatic rings. The Labute approximate surface area is 82.4 Å². The lowest BCUT2D eigenvalue weighted by Crippen LogP contribution is -1.71. The monoisotopic (exact) mass is 176 g/mol. The van der Waals surface area contributed by atoms with Gasteiger partial charge in [0.15, 0.2) is 0 Å². The smallest absolute Gasteiger partial charge is 0.0313 e. The van der Waals surface area contributed by atoms with Gasteiger partial charge in [-0.1, -0.05) is 56.0 Å². The number of hydrogen-bond donors (Lipinski definition) is 0. The van der Waals surface area contributed by atoms with Crippen molar-refractivity contribution < 1.29 is 0 Å². The second kappa shape index (κ2) is 9.05. The third-order valence-electron chi connectivity index (χ3n) is 1.82. The molecule has 0 spiro atoms. The van der Waals surface area contributed by atoms with Crippen LogP contribution in [0.4, 0.5) is 0 Å². The lowest BCUT2D eigenvalue weighted by Gasteiger charge is -1.92. The van der Waals surface area contributed by atoms with Gasteiger partial charge >= 0.3 is 0 Å². The van der Waals surface area contributed by atoms with E-state index in [0.717, 1.165) is 19.3 Å². The Kier molecular flexibility index (Phi) is 8.33. The fourth-order valence-electron chi connectivity index (χ4n) is 0.914. The summed E-state index contributed by atoms with van der Waals surface area (Å²) in [6.45, 7) is 9.65. The first kappa shape index (κ1) is 12.0. The molecule has 0 aliphatic rings. The Bertz CT molecular complexity index is 194. The van der Waals surface area contributed by atoms with Gasteiger partial charge in [0.05, 0.1) is 0 Å². The molecular weight excluding hydrogens is 156 g/mol. The van der Waals surface area contributed by atoms with Crippen LogP contribution >= 0.6 is 0 Å². The molecule has 0 fully saturated rings. The van der Waals surface area contributed by atoms with Gasteiger partial charge in [-0.05, 0) is 25.7 Å². The fourth-order valence-corrected chi connectivity index (χ4v) is 0.914. The quantitative estimate of drug-likeness (QED) is 0.398. The van der Waals surface area contributed by atoms with Crippen LogP contribution in [0.2, 0.25) is 0 Å². The lowest BCUT2D eigenvalue weighted by atomic mass is 10.1. The predicted molar refractivity (Wildman–Crippen MR) is 61.8 cm³/mol. The zero-order chi connectivity index (χ0) is 9.94. The number of rotatable bonds is 7. The average molecular weight is 176 g/mol. The zero-order valence-corrected chi connectivity index (χ0v) is 8.63. The van der Waals surface area contributed by atoms with Gasteiger partial charge in [0.1, 0.15) is 0 Å². The normalized spacial score (nSPS) is 11.2. The van der Waals surface area contributed by atoms with E-state index in [4.69, 9.17) is 0 Å². The van der Waals surface area contributed by atoms with E-state index in [9.17, 15) is 0 Å². The molecule has 0 aliphatic heterocycles. The highest BCUT2D eigenvalue weighted by atomic mass is 13.9. The van der Waals surface area contributed by atoms with Crippen LogP contribution in [-0.2, 0) is 0 Å². The minimum absolute atomic E-state index is 1.05. The molecule has 0 saturated carbocycles. The van der Waals surface area contributed by atoms with Gasteiger partial charge in [0.2, 0.25) is 0 Å². The van der Waals surface area contributed by atoms with Crippen LogP contribution in [0, 0.1) is 0 Å². The Hall–Kier alpha value is -1.04. The minimum Gasteiger partial charge on any atom is -0.0991 e. The molecule has 0 amide bonds. The topological polar surface area (TPSA) is 0 Å². The van der Waals surface area contributed by atoms with Crippen LogP contribution in [0.1, 0.15) is 32.6 Å². The molecule has 0 aliphatic carbocycles. The molecule has 0 bridgehead atoms. The van der Waals surface area contributed by atoms with Crippen LogP contribution < -0.4 is 0 Å². The first-order valence-electron chi connectivity index (χ1n) is 4.93. The molecule has 13 heavy (non-hydrogen) atoms. The van der Waals surface area contributed by atoms with Gasteiger partial charge in [-0.15, -0.1) is 0 Å². The molecule has 0 heterocycles. The van der Waals surface area contributed by atoms with Gasteiger partial charge in [-0.2, -0.15) is 0 Å². The van der Waals surface area contributed by atoms with E-state index >= 15 is 0 Å². The van der Waals surface area contributed by atoms with Gasteiger partial charge in [-0.25, -0.2) is 0 Å². The maximum atomic E-state index is 3.91. The third kappa shape index (κ3) is 8.87. The molecule has 0 heteroatoms. The maximum absolute atomic E-state index is 3.91. The van der Waals surface area contributed by atoms with Gasteiger partial charge < -0.3 is 0 Å².